The van der Waals surface area contributed by atoms with E-state index in [1.54, 1.807) is 18.2 Å². The van der Waals surface area contributed by atoms with Crippen LogP contribution in [0.3, 0.4) is 0 Å². The molecule has 8 N–H and O–H groups in total. The SMILES string of the molecule is N.O=C(OC1CCCCC1)[C@H]1O[C@@H](O)[C@H](O)[C@@H](O)[C@@]1(O)C1(O)C=Nc2ccccc21. The van der Waals surface area contributed by atoms with E-state index in [1.807, 2.05) is 0 Å². The zero-order valence-corrected chi connectivity index (χ0v) is 16.4. The Morgan fingerprint density at radius 1 is 1.10 bits per heavy atom. The van der Waals surface area contributed by atoms with E-state index >= 15 is 0 Å². The lowest BCUT2D eigenvalue weighted by Gasteiger charge is -2.51. The van der Waals surface area contributed by atoms with Gasteiger partial charge in [-0.15, -0.1) is 0 Å². The van der Waals surface area contributed by atoms with Gasteiger partial charge in [-0.25, -0.2) is 4.79 Å². The molecule has 2 fully saturated rings. The Bertz CT molecular complexity index is 814. The fourth-order valence-corrected chi connectivity index (χ4v) is 4.42. The number of carbonyl (C=O) groups is 1. The molecule has 0 aromatic heterocycles. The van der Waals surface area contributed by atoms with Crippen LogP contribution < -0.4 is 6.15 Å². The van der Waals surface area contributed by atoms with Crippen LogP contribution in [0, 0.1) is 0 Å². The van der Waals surface area contributed by atoms with E-state index in [2.05, 4.69) is 4.99 Å². The normalized spacial score (nSPS) is 38.6. The summed E-state index contributed by atoms with van der Waals surface area (Å²) in [4.78, 5) is 17.0. The van der Waals surface area contributed by atoms with Gasteiger partial charge in [0.2, 0.25) is 0 Å². The Balaban J connectivity index is 0.00000256. The minimum Gasteiger partial charge on any atom is -0.460 e. The number of ether oxygens (including phenoxy) is 2. The van der Waals surface area contributed by atoms with Gasteiger partial charge in [0.1, 0.15) is 18.3 Å². The maximum absolute atomic E-state index is 12.9. The molecule has 0 bridgehead atoms. The first-order chi connectivity index (χ1) is 13.8. The molecule has 2 aliphatic heterocycles. The Morgan fingerprint density at radius 3 is 2.47 bits per heavy atom. The number of carbonyl (C=O) groups excluding carboxylic acids is 1. The number of hydrogen-bond acceptors (Lipinski definition) is 10. The Morgan fingerprint density at radius 2 is 1.77 bits per heavy atom. The van der Waals surface area contributed by atoms with Crippen molar-refractivity contribution < 1.29 is 39.8 Å². The molecular weight excluding hydrogens is 396 g/mol. The number of nitrogens with zero attached hydrogens (tertiary/aromatic N) is 1. The van der Waals surface area contributed by atoms with Gasteiger partial charge in [-0.1, -0.05) is 24.6 Å². The van der Waals surface area contributed by atoms with Crippen LogP contribution in [0.4, 0.5) is 5.69 Å². The number of rotatable bonds is 3. The van der Waals surface area contributed by atoms with Crippen LogP contribution in [0.25, 0.3) is 0 Å². The number of aliphatic hydroxyl groups is 5. The van der Waals surface area contributed by atoms with Gasteiger partial charge in [0.25, 0.3) is 0 Å². The van der Waals surface area contributed by atoms with E-state index in [9.17, 15) is 30.3 Å². The molecule has 1 aromatic rings. The van der Waals surface area contributed by atoms with Crippen LogP contribution >= 0.6 is 0 Å². The highest BCUT2D eigenvalue weighted by Crippen LogP contribution is 2.48. The molecule has 1 aliphatic carbocycles. The maximum Gasteiger partial charge on any atom is 0.338 e. The molecule has 1 aromatic carbocycles. The molecule has 0 radical (unpaired) electrons. The minimum absolute atomic E-state index is 0. The molecule has 0 amide bonds. The molecular formula is C20H28N2O8. The summed E-state index contributed by atoms with van der Waals surface area (Å²) < 4.78 is 10.6. The van der Waals surface area contributed by atoms with Gasteiger partial charge >= 0.3 is 5.97 Å². The van der Waals surface area contributed by atoms with E-state index < -0.39 is 41.8 Å². The van der Waals surface area contributed by atoms with Gasteiger partial charge in [0.05, 0.1) is 5.69 Å². The molecule has 1 saturated heterocycles. The van der Waals surface area contributed by atoms with Crippen LogP contribution in [0.2, 0.25) is 0 Å². The number of aliphatic hydroxyl groups excluding tert-OH is 3. The molecule has 1 saturated carbocycles. The number of hydrogen-bond donors (Lipinski definition) is 6. The molecule has 30 heavy (non-hydrogen) atoms. The van der Waals surface area contributed by atoms with Crippen molar-refractivity contribution in [3.05, 3.63) is 29.8 Å². The molecule has 2 heterocycles. The van der Waals surface area contributed by atoms with E-state index in [-0.39, 0.29) is 17.8 Å². The molecule has 3 aliphatic rings. The third-order valence-corrected chi connectivity index (χ3v) is 6.11. The minimum atomic E-state index is -2.76. The van der Waals surface area contributed by atoms with E-state index in [0.717, 1.165) is 25.5 Å². The standard InChI is InChI=1S/C20H25NO8.H3N/c22-14-15(23)20(27,19(26)10-21-13-9-5-4-8-12(13)19)16(29-17(14)24)18(25)28-11-6-2-1-3-7-11;/h4-5,8-11,14-17,22-24,26-27H,1-3,6-7H2;1H3/t14-,15-,16-,17-,19?,20+;/m1./s1. The van der Waals surface area contributed by atoms with Crippen molar-refractivity contribution in [2.75, 3.05) is 0 Å². The van der Waals surface area contributed by atoms with Gasteiger partial charge in [0.15, 0.2) is 23.6 Å². The van der Waals surface area contributed by atoms with Crippen molar-refractivity contribution in [1.29, 1.82) is 0 Å². The van der Waals surface area contributed by atoms with Crippen molar-refractivity contribution in [2.24, 2.45) is 4.99 Å². The van der Waals surface area contributed by atoms with Crippen LogP contribution in [0.5, 0.6) is 0 Å². The summed E-state index contributed by atoms with van der Waals surface area (Å²) in [5, 5.41) is 53.7. The lowest BCUT2D eigenvalue weighted by atomic mass is 9.69. The van der Waals surface area contributed by atoms with Crippen molar-refractivity contribution in [3.8, 4) is 0 Å². The quantitative estimate of drug-likeness (QED) is 0.358. The number of aliphatic imine (C=N–C) groups is 1. The second-order valence-corrected chi connectivity index (χ2v) is 7.91. The largest absolute Gasteiger partial charge is 0.460 e. The number of fused-ring (bicyclic) bond motifs is 1. The summed E-state index contributed by atoms with van der Waals surface area (Å²) in [7, 11) is 0. The van der Waals surface area contributed by atoms with E-state index in [0.29, 0.717) is 18.5 Å². The molecule has 10 nitrogen and oxygen atoms in total. The summed E-state index contributed by atoms with van der Waals surface area (Å²) in [6, 6.07) is 6.34. The summed E-state index contributed by atoms with van der Waals surface area (Å²) in [6.45, 7) is 0. The summed E-state index contributed by atoms with van der Waals surface area (Å²) >= 11 is 0. The summed E-state index contributed by atoms with van der Waals surface area (Å²) in [6.07, 6.45) is -3.27. The maximum atomic E-state index is 12.9. The summed E-state index contributed by atoms with van der Waals surface area (Å²) in [5.74, 6) is -1.03. The van der Waals surface area contributed by atoms with Crippen LogP contribution in [0.1, 0.15) is 37.7 Å². The van der Waals surface area contributed by atoms with Gasteiger partial charge in [-0.2, -0.15) is 0 Å². The Labute approximate surface area is 173 Å². The third kappa shape index (κ3) is 3.34. The average molecular weight is 424 g/mol. The third-order valence-electron chi connectivity index (χ3n) is 6.11. The number of para-hydroxylation sites is 1. The number of esters is 1. The highest BCUT2D eigenvalue weighted by atomic mass is 16.7. The first kappa shape index (κ1) is 22.8. The first-order valence-electron chi connectivity index (χ1n) is 9.78. The highest BCUT2D eigenvalue weighted by Gasteiger charge is 2.69. The van der Waals surface area contributed by atoms with Gasteiger partial charge in [-0.3, -0.25) is 4.99 Å². The molecule has 1 unspecified atom stereocenters. The average Bonchev–Trinajstić information content (AvgIpc) is 3.08. The molecule has 10 heteroatoms. The van der Waals surface area contributed by atoms with Gasteiger partial charge in [0, 0.05) is 11.8 Å². The van der Waals surface area contributed by atoms with E-state index in [1.165, 1.54) is 6.07 Å². The Hall–Kier alpha value is -1.92. The monoisotopic (exact) mass is 424 g/mol. The molecule has 166 valence electrons. The molecule has 0 spiro atoms. The highest BCUT2D eigenvalue weighted by molar-refractivity contribution is 5.88. The predicted molar refractivity (Wildman–Crippen MR) is 104 cm³/mol. The zero-order chi connectivity index (χ0) is 20.8. The lowest BCUT2D eigenvalue weighted by molar-refractivity contribution is -0.340. The van der Waals surface area contributed by atoms with Crippen LogP contribution in [-0.4, -0.2) is 74.0 Å². The first-order valence-corrected chi connectivity index (χ1v) is 9.78. The van der Waals surface area contributed by atoms with Crippen molar-refractivity contribution in [1.82, 2.24) is 6.15 Å². The fourth-order valence-electron chi connectivity index (χ4n) is 4.42. The fraction of sp³-hybridized carbons (Fsp3) is 0.600. The topological polar surface area (TPSA) is 184 Å². The van der Waals surface area contributed by atoms with Crippen molar-refractivity contribution in [3.63, 3.8) is 0 Å². The summed E-state index contributed by atoms with van der Waals surface area (Å²) in [5.41, 5.74) is -4.66. The molecule has 6 atom stereocenters. The second kappa shape index (κ2) is 8.31. The smallest absolute Gasteiger partial charge is 0.338 e. The second-order valence-electron chi connectivity index (χ2n) is 7.91. The zero-order valence-electron chi connectivity index (χ0n) is 16.4. The van der Waals surface area contributed by atoms with Crippen molar-refractivity contribution in [2.45, 2.75) is 74.0 Å². The molecule has 4 rings (SSSR count). The van der Waals surface area contributed by atoms with Crippen molar-refractivity contribution >= 4 is 17.9 Å². The Kier molecular flexibility index (Phi) is 6.30. The van der Waals surface area contributed by atoms with Crippen LogP contribution in [-0.2, 0) is 19.9 Å². The van der Waals surface area contributed by atoms with Gasteiger partial charge < -0.3 is 41.2 Å². The van der Waals surface area contributed by atoms with Crippen LogP contribution in [0.15, 0.2) is 29.3 Å². The number of benzene rings is 1. The van der Waals surface area contributed by atoms with Gasteiger partial charge in [-0.05, 0) is 31.7 Å². The van der Waals surface area contributed by atoms with E-state index in [4.69, 9.17) is 9.47 Å². The predicted octanol–water partition coefficient (Wildman–Crippen LogP) is -0.202. The lowest BCUT2D eigenvalue weighted by Crippen LogP contribution is -2.75.